The lowest BCUT2D eigenvalue weighted by Crippen LogP contribution is -2.41. The maximum absolute atomic E-state index is 14.7. The minimum Gasteiger partial charge on any atom is -0.376 e. The Morgan fingerprint density at radius 1 is 1.44 bits per heavy atom. The van der Waals surface area contributed by atoms with Gasteiger partial charge in [0, 0.05) is 32.4 Å². The van der Waals surface area contributed by atoms with Crippen molar-refractivity contribution in [1.82, 2.24) is 19.2 Å². The number of amides is 1. The number of carbonyl (C=O) groups excluding carboxylic acids is 1. The van der Waals surface area contributed by atoms with Gasteiger partial charge in [0.15, 0.2) is 5.69 Å². The summed E-state index contributed by atoms with van der Waals surface area (Å²) in [5, 5.41) is 0.381. The standard InChI is InChI=1S/C17H22ClFN4O2/c1-21(2)7-8-22(11-13-4-3-9-25-13)17(24)15-16(19)23-10-12(18)5-6-14(23)20-15/h5-6,10,13H,3-4,7-9,11H2,1-2H3. The molecule has 2 aromatic rings. The van der Waals surface area contributed by atoms with Gasteiger partial charge in [-0.15, -0.1) is 0 Å². The fraction of sp³-hybridized carbons (Fsp3) is 0.529. The molecule has 0 N–H and O–H groups in total. The number of aromatic nitrogens is 2. The molecule has 1 fully saturated rings. The number of halogens is 2. The van der Waals surface area contributed by atoms with Crippen LogP contribution in [0, 0.1) is 5.95 Å². The van der Waals surface area contributed by atoms with Gasteiger partial charge < -0.3 is 14.5 Å². The van der Waals surface area contributed by atoms with Crippen LogP contribution >= 0.6 is 11.6 Å². The van der Waals surface area contributed by atoms with Gasteiger partial charge in [0.2, 0.25) is 5.95 Å². The lowest BCUT2D eigenvalue weighted by Gasteiger charge is -2.26. The van der Waals surface area contributed by atoms with Crippen molar-refractivity contribution in [3.8, 4) is 0 Å². The van der Waals surface area contributed by atoms with E-state index in [-0.39, 0.29) is 11.8 Å². The summed E-state index contributed by atoms with van der Waals surface area (Å²) in [6, 6.07) is 3.21. The molecule has 1 aliphatic heterocycles. The molecule has 0 spiro atoms. The van der Waals surface area contributed by atoms with E-state index < -0.39 is 11.9 Å². The van der Waals surface area contributed by atoms with E-state index in [0.29, 0.717) is 36.9 Å². The van der Waals surface area contributed by atoms with Crippen molar-refractivity contribution < 1.29 is 13.9 Å². The van der Waals surface area contributed by atoms with E-state index in [1.54, 1.807) is 17.0 Å². The average molecular weight is 369 g/mol. The fourth-order valence-corrected chi connectivity index (χ4v) is 3.07. The molecule has 0 aliphatic carbocycles. The van der Waals surface area contributed by atoms with Crippen molar-refractivity contribution >= 4 is 23.2 Å². The van der Waals surface area contributed by atoms with E-state index in [1.807, 2.05) is 19.0 Å². The summed E-state index contributed by atoms with van der Waals surface area (Å²) in [6.07, 6.45) is 3.32. The Bertz CT molecular complexity index is 758. The highest BCUT2D eigenvalue weighted by atomic mass is 35.5. The molecule has 25 heavy (non-hydrogen) atoms. The van der Waals surface area contributed by atoms with Gasteiger partial charge in [-0.3, -0.25) is 9.20 Å². The van der Waals surface area contributed by atoms with Crippen molar-refractivity contribution in [2.75, 3.05) is 40.3 Å². The van der Waals surface area contributed by atoms with Crippen LogP contribution in [0.2, 0.25) is 5.02 Å². The molecule has 136 valence electrons. The third kappa shape index (κ3) is 4.11. The molecule has 1 aliphatic rings. The maximum Gasteiger partial charge on any atom is 0.277 e. The first-order chi connectivity index (χ1) is 12.0. The minimum absolute atomic E-state index is 0.000601. The molecule has 1 unspecified atom stereocenters. The third-order valence-corrected chi connectivity index (χ3v) is 4.50. The average Bonchev–Trinajstić information content (AvgIpc) is 3.19. The topological polar surface area (TPSA) is 50.1 Å². The maximum atomic E-state index is 14.7. The van der Waals surface area contributed by atoms with Gasteiger partial charge in [0.25, 0.3) is 5.91 Å². The van der Waals surface area contributed by atoms with Gasteiger partial charge in [-0.2, -0.15) is 4.39 Å². The number of rotatable bonds is 6. The van der Waals surface area contributed by atoms with Crippen LogP contribution in [0.3, 0.4) is 0 Å². The Kier molecular flexibility index (Phi) is 5.56. The summed E-state index contributed by atoms with van der Waals surface area (Å²) >= 11 is 5.91. The van der Waals surface area contributed by atoms with Crippen molar-refractivity contribution in [2.24, 2.45) is 0 Å². The van der Waals surface area contributed by atoms with Crippen LogP contribution in [-0.4, -0.2) is 71.5 Å². The molecular formula is C17H22ClFN4O2. The zero-order chi connectivity index (χ0) is 18.0. The van der Waals surface area contributed by atoms with Gasteiger partial charge >= 0.3 is 0 Å². The number of carbonyl (C=O) groups is 1. The summed E-state index contributed by atoms with van der Waals surface area (Å²) in [5.74, 6) is -1.11. The van der Waals surface area contributed by atoms with Gasteiger partial charge in [0.05, 0.1) is 11.1 Å². The molecule has 1 amide bonds. The summed E-state index contributed by atoms with van der Waals surface area (Å²) in [4.78, 5) is 20.7. The van der Waals surface area contributed by atoms with Crippen LogP contribution in [-0.2, 0) is 4.74 Å². The number of hydrogen-bond acceptors (Lipinski definition) is 4. The van der Waals surface area contributed by atoms with Crippen molar-refractivity contribution in [3.63, 3.8) is 0 Å². The lowest BCUT2D eigenvalue weighted by atomic mass is 10.2. The van der Waals surface area contributed by atoms with Crippen molar-refractivity contribution in [3.05, 3.63) is 35.0 Å². The zero-order valence-electron chi connectivity index (χ0n) is 14.4. The SMILES string of the molecule is CN(C)CCN(CC1CCCO1)C(=O)c1nc2ccc(Cl)cn2c1F. The van der Waals surface area contributed by atoms with Gasteiger partial charge in [0.1, 0.15) is 5.65 Å². The first kappa shape index (κ1) is 18.1. The molecule has 2 aromatic heterocycles. The quantitative estimate of drug-likeness (QED) is 0.785. The van der Waals surface area contributed by atoms with Crippen LogP contribution in [0.15, 0.2) is 18.3 Å². The highest BCUT2D eigenvalue weighted by Gasteiger charge is 2.28. The molecule has 3 heterocycles. The molecule has 1 atom stereocenters. The molecule has 0 saturated carbocycles. The molecule has 0 aromatic carbocycles. The predicted octanol–water partition coefficient (Wildman–Crippen LogP) is 2.31. The molecule has 6 nitrogen and oxygen atoms in total. The summed E-state index contributed by atoms with van der Waals surface area (Å²) in [6.45, 7) is 2.32. The van der Waals surface area contributed by atoms with Gasteiger partial charge in [-0.1, -0.05) is 11.6 Å². The summed E-state index contributed by atoms with van der Waals surface area (Å²) in [5.41, 5.74) is 0.175. The van der Waals surface area contributed by atoms with Crippen molar-refractivity contribution in [1.29, 1.82) is 0 Å². The second-order valence-electron chi connectivity index (χ2n) is 6.52. The molecule has 8 heteroatoms. The molecule has 0 bridgehead atoms. The Morgan fingerprint density at radius 2 is 2.24 bits per heavy atom. The Balaban J connectivity index is 1.86. The van der Waals surface area contributed by atoms with Crippen LogP contribution in [0.4, 0.5) is 4.39 Å². The third-order valence-electron chi connectivity index (χ3n) is 4.28. The highest BCUT2D eigenvalue weighted by Crippen LogP contribution is 2.19. The summed E-state index contributed by atoms with van der Waals surface area (Å²) < 4.78 is 21.5. The zero-order valence-corrected chi connectivity index (χ0v) is 15.2. The van der Waals surface area contributed by atoms with E-state index in [1.165, 1.54) is 10.6 Å². The first-order valence-corrected chi connectivity index (χ1v) is 8.72. The summed E-state index contributed by atoms with van der Waals surface area (Å²) in [7, 11) is 3.87. The first-order valence-electron chi connectivity index (χ1n) is 8.34. The largest absolute Gasteiger partial charge is 0.376 e. The van der Waals surface area contributed by atoms with Crippen molar-refractivity contribution in [2.45, 2.75) is 18.9 Å². The van der Waals surface area contributed by atoms with Gasteiger partial charge in [-0.05, 0) is 39.1 Å². The Morgan fingerprint density at radius 3 is 2.92 bits per heavy atom. The number of imidazole rings is 1. The van der Waals surface area contributed by atoms with Crippen LogP contribution in [0.1, 0.15) is 23.3 Å². The Labute approximate surface area is 151 Å². The van der Waals surface area contributed by atoms with E-state index in [2.05, 4.69) is 4.98 Å². The van der Waals surface area contributed by atoms with Crippen LogP contribution < -0.4 is 0 Å². The number of likely N-dealkylation sites (N-methyl/N-ethyl adjacent to an activating group) is 1. The highest BCUT2D eigenvalue weighted by molar-refractivity contribution is 6.30. The van der Waals surface area contributed by atoms with E-state index in [4.69, 9.17) is 16.3 Å². The van der Waals surface area contributed by atoms with E-state index in [0.717, 1.165) is 12.8 Å². The smallest absolute Gasteiger partial charge is 0.277 e. The number of ether oxygens (including phenoxy) is 1. The molecular weight excluding hydrogens is 347 g/mol. The van der Waals surface area contributed by atoms with Crippen LogP contribution in [0.5, 0.6) is 0 Å². The number of fused-ring (bicyclic) bond motifs is 1. The number of pyridine rings is 1. The molecule has 3 rings (SSSR count). The minimum atomic E-state index is -0.690. The van der Waals surface area contributed by atoms with Gasteiger partial charge in [-0.25, -0.2) is 4.98 Å². The second kappa shape index (κ2) is 7.68. The van der Waals surface area contributed by atoms with E-state index in [9.17, 15) is 9.18 Å². The van der Waals surface area contributed by atoms with Crippen LogP contribution in [0.25, 0.3) is 5.65 Å². The monoisotopic (exact) mass is 368 g/mol. The normalized spacial score (nSPS) is 17.6. The fourth-order valence-electron chi connectivity index (χ4n) is 2.91. The molecule has 1 saturated heterocycles. The lowest BCUT2D eigenvalue weighted by molar-refractivity contribution is 0.0504. The number of hydrogen-bond donors (Lipinski definition) is 0. The predicted molar refractivity (Wildman–Crippen MR) is 93.6 cm³/mol. The Hall–Kier alpha value is -1.70. The second-order valence-corrected chi connectivity index (χ2v) is 6.95. The molecule has 0 radical (unpaired) electrons. The number of nitrogens with zero attached hydrogens (tertiary/aromatic N) is 4. The van der Waals surface area contributed by atoms with E-state index >= 15 is 0 Å².